The number of hydrogen-bond acceptors (Lipinski definition) is 3. The second-order valence-electron chi connectivity index (χ2n) is 5.19. The molecule has 0 saturated heterocycles. The predicted molar refractivity (Wildman–Crippen MR) is 100 cm³/mol. The zero-order valence-electron chi connectivity index (χ0n) is 12.7. The number of nitrogens with zero attached hydrogens (tertiary/aromatic N) is 2. The third-order valence-electron chi connectivity index (χ3n) is 3.33. The Morgan fingerprint density at radius 1 is 0.960 bits per heavy atom. The van der Waals surface area contributed by atoms with Crippen molar-refractivity contribution in [2.24, 2.45) is 0 Å². The van der Waals surface area contributed by atoms with Gasteiger partial charge in [0.1, 0.15) is 5.02 Å². The second-order valence-corrected chi connectivity index (χ2v) is 8.09. The van der Waals surface area contributed by atoms with Crippen LogP contribution in [0, 0.1) is 0 Å². The molecule has 3 rings (SSSR count). The van der Waals surface area contributed by atoms with Gasteiger partial charge < -0.3 is 0 Å². The van der Waals surface area contributed by atoms with E-state index >= 15 is 0 Å². The highest BCUT2D eigenvalue weighted by Gasteiger charge is 2.18. The highest BCUT2D eigenvalue weighted by atomic mass is 35.5. The summed E-state index contributed by atoms with van der Waals surface area (Å²) in [7, 11) is -3.76. The summed E-state index contributed by atoms with van der Waals surface area (Å²) >= 11 is 18.0. The molecule has 1 heterocycles. The van der Waals surface area contributed by atoms with Gasteiger partial charge in [-0.15, -0.1) is 0 Å². The molecule has 0 unspecified atom stereocenters. The van der Waals surface area contributed by atoms with Crippen molar-refractivity contribution in [1.82, 2.24) is 9.78 Å². The fourth-order valence-electron chi connectivity index (χ4n) is 2.16. The van der Waals surface area contributed by atoms with Crippen molar-refractivity contribution in [3.05, 3.63) is 75.4 Å². The number of aromatic nitrogens is 2. The number of benzene rings is 2. The van der Waals surface area contributed by atoms with Gasteiger partial charge in [-0.25, -0.2) is 8.42 Å². The van der Waals surface area contributed by atoms with Gasteiger partial charge in [-0.05, 0) is 29.8 Å². The lowest BCUT2D eigenvalue weighted by Crippen LogP contribution is -2.14. The van der Waals surface area contributed by atoms with E-state index in [0.717, 1.165) is 5.56 Å². The summed E-state index contributed by atoms with van der Waals surface area (Å²) in [5.74, 6) is 0.0607. The molecule has 0 fully saturated rings. The molecule has 0 saturated carbocycles. The fourth-order valence-corrected chi connectivity index (χ4v) is 3.77. The Morgan fingerprint density at radius 3 is 2.36 bits per heavy atom. The predicted octanol–water partition coefficient (Wildman–Crippen LogP) is 4.69. The van der Waals surface area contributed by atoms with Crippen molar-refractivity contribution in [2.45, 2.75) is 11.4 Å². The van der Waals surface area contributed by atoms with E-state index in [0.29, 0.717) is 16.6 Å². The van der Waals surface area contributed by atoms with Crippen molar-refractivity contribution >= 4 is 50.6 Å². The van der Waals surface area contributed by atoms with Crippen LogP contribution in [0.1, 0.15) is 5.56 Å². The zero-order valence-corrected chi connectivity index (χ0v) is 15.7. The van der Waals surface area contributed by atoms with Crippen LogP contribution in [0.15, 0.2) is 59.6 Å². The first kappa shape index (κ1) is 18.1. The SMILES string of the molecule is O=S(=O)(Nc1nn(Cc2ccc(Cl)c(Cl)c2)cc1Cl)c1ccccc1. The molecule has 25 heavy (non-hydrogen) atoms. The first-order valence-electron chi connectivity index (χ1n) is 7.10. The van der Waals surface area contributed by atoms with Gasteiger partial charge in [-0.2, -0.15) is 5.10 Å². The summed E-state index contributed by atoms with van der Waals surface area (Å²) in [6.45, 7) is 0.365. The first-order valence-corrected chi connectivity index (χ1v) is 9.71. The van der Waals surface area contributed by atoms with Crippen LogP contribution in [0.3, 0.4) is 0 Å². The van der Waals surface area contributed by atoms with Gasteiger partial charge in [0.05, 0.1) is 21.5 Å². The van der Waals surface area contributed by atoms with Crippen molar-refractivity contribution in [3.8, 4) is 0 Å². The number of rotatable bonds is 5. The monoisotopic (exact) mass is 415 g/mol. The maximum absolute atomic E-state index is 12.4. The van der Waals surface area contributed by atoms with Crippen LogP contribution in [0.25, 0.3) is 0 Å². The molecule has 9 heteroatoms. The average molecular weight is 417 g/mol. The number of hydrogen-bond donors (Lipinski definition) is 1. The summed E-state index contributed by atoms with van der Waals surface area (Å²) in [4.78, 5) is 0.130. The highest BCUT2D eigenvalue weighted by molar-refractivity contribution is 7.92. The smallest absolute Gasteiger partial charge is 0.263 e. The maximum atomic E-state index is 12.4. The largest absolute Gasteiger partial charge is 0.265 e. The van der Waals surface area contributed by atoms with Crippen LogP contribution in [-0.4, -0.2) is 18.2 Å². The number of nitrogens with one attached hydrogen (secondary N) is 1. The molecule has 0 amide bonds. The lowest BCUT2D eigenvalue weighted by molar-refractivity contribution is 0.600. The Balaban J connectivity index is 1.82. The fraction of sp³-hybridized carbons (Fsp3) is 0.0625. The van der Waals surface area contributed by atoms with Gasteiger partial charge in [0.2, 0.25) is 0 Å². The van der Waals surface area contributed by atoms with Gasteiger partial charge in [0, 0.05) is 6.20 Å². The molecule has 1 N–H and O–H groups in total. The van der Waals surface area contributed by atoms with Crippen LogP contribution >= 0.6 is 34.8 Å². The van der Waals surface area contributed by atoms with E-state index in [1.165, 1.54) is 23.0 Å². The van der Waals surface area contributed by atoms with Gasteiger partial charge >= 0.3 is 0 Å². The molecule has 0 aliphatic carbocycles. The molecule has 0 aliphatic rings. The number of sulfonamides is 1. The van der Waals surface area contributed by atoms with Crippen LogP contribution in [0.5, 0.6) is 0 Å². The van der Waals surface area contributed by atoms with E-state index < -0.39 is 10.0 Å². The molecule has 5 nitrogen and oxygen atoms in total. The molecule has 2 aromatic carbocycles. The van der Waals surface area contributed by atoms with Gasteiger partial charge in [-0.3, -0.25) is 9.40 Å². The summed E-state index contributed by atoms with van der Waals surface area (Å²) in [6.07, 6.45) is 1.53. The van der Waals surface area contributed by atoms with E-state index in [2.05, 4.69) is 9.82 Å². The Kier molecular flexibility index (Phi) is 5.24. The summed E-state index contributed by atoms with van der Waals surface area (Å²) in [6, 6.07) is 13.2. The van der Waals surface area contributed by atoms with E-state index in [1.807, 2.05) is 0 Å². The third kappa shape index (κ3) is 4.27. The standard InChI is InChI=1S/C16H12Cl3N3O2S/c17-13-7-6-11(8-14(13)18)9-22-10-15(19)16(20-22)21-25(23,24)12-4-2-1-3-5-12/h1-8,10H,9H2,(H,20,21). The summed E-state index contributed by atoms with van der Waals surface area (Å²) in [5, 5.41) is 5.27. The lowest BCUT2D eigenvalue weighted by Gasteiger charge is -2.06. The average Bonchev–Trinajstić information content (AvgIpc) is 2.90. The van der Waals surface area contributed by atoms with Crippen molar-refractivity contribution in [1.29, 1.82) is 0 Å². The zero-order chi connectivity index (χ0) is 18.0. The van der Waals surface area contributed by atoms with Crippen molar-refractivity contribution in [2.75, 3.05) is 4.72 Å². The van der Waals surface area contributed by atoms with Gasteiger partial charge in [-0.1, -0.05) is 59.1 Å². The molecule has 1 aromatic heterocycles. The molecule has 0 atom stereocenters. The molecule has 3 aromatic rings. The number of anilines is 1. The molecule has 130 valence electrons. The minimum Gasteiger partial charge on any atom is -0.265 e. The van der Waals surface area contributed by atoms with E-state index in [9.17, 15) is 8.42 Å². The topological polar surface area (TPSA) is 64.0 Å². The second kappa shape index (κ2) is 7.25. The maximum Gasteiger partial charge on any atom is 0.263 e. The Bertz CT molecular complexity index is 1000. The van der Waals surface area contributed by atoms with Gasteiger partial charge in [0.25, 0.3) is 10.0 Å². The molecule has 0 aliphatic heterocycles. The molecular formula is C16H12Cl3N3O2S. The first-order chi connectivity index (χ1) is 11.8. The minimum absolute atomic E-state index is 0.0607. The minimum atomic E-state index is -3.76. The van der Waals surface area contributed by atoms with Gasteiger partial charge in [0.15, 0.2) is 5.82 Å². The molecular weight excluding hydrogens is 405 g/mol. The summed E-state index contributed by atoms with van der Waals surface area (Å²) in [5.41, 5.74) is 0.853. The van der Waals surface area contributed by atoms with Crippen LogP contribution in [-0.2, 0) is 16.6 Å². The van der Waals surface area contributed by atoms with E-state index in [4.69, 9.17) is 34.8 Å². The molecule has 0 bridgehead atoms. The molecule has 0 radical (unpaired) electrons. The van der Waals surface area contributed by atoms with Crippen molar-refractivity contribution in [3.63, 3.8) is 0 Å². The Hall–Kier alpha value is -1.73. The van der Waals surface area contributed by atoms with Crippen LogP contribution < -0.4 is 4.72 Å². The third-order valence-corrected chi connectivity index (χ3v) is 5.70. The van der Waals surface area contributed by atoms with Crippen LogP contribution in [0.2, 0.25) is 15.1 Å². The van der Waals surface area contributed by atoms with E-state index in [1.54, 1.807) is 36.4 Å². The Labute approximate surface area is 160 Å². The van der Waals surface area contributed by atoms with Crippen molar-refractivity contribution < 1.29 is 8.42 Å². The normalized spacial score (nSPS) is 11.5. The summed E-state index contributed by atoms with van der Waals surface area (Å²) < 4.78 is 28.6. The Morgan fingerprint density at radius 2 is 1.68 bits per heavy atom. The van der Waals surface area contributed by atoms with Crippen LogP contribution in [0.4, 0.5) is 5.82 Å². The lowest BCUT2D eigenvalue weighted by atomic mass is 10.2. The molecule has 0 spiro atoms. The number of halogens is 3. The quantitative estimate of drug-likeness (QED) is 0.656. The highest BCUT2D eigenvalue weighted by Crippen LogP contribution is 2.25. The van der Waals surface area contributed by atoms with E-state index in [-0.39, 0.29) is 15.7 Å².